The van der Waals surface area contributed by atoms with E-state index in [1.807, 2.05) is 0 Å². The lowest BCUT2D eigenvalue weighted by molar-refractivity contribution is -0.138. The Hall–Kier alpha value is -3.00. The molecule has 0 bridgehead atoms. The van der Waals surface area contributed by atoms with Crippen molar-refractivity contribution in [2.45, 2.75) is 19.8 Å². The summed E-state index contributed by atoms with van der Waals surface area (Å²) in [4.78, 5) is 24.4. The standard InChI is InChI=1S/C19H13ClF3NO4/c1-7(19(27)28)14-8(2)24(13-6-12(22)17(25)16(23)15(13)14)18(26)9-3-4-10(20)11(21)5-9/h3-7,25H,1-2H3,(H,27,28)/t7-/m0/s1. The molecule has 3 aromatic rings. The van der Waals surface area contributed by atoms with Gasteiger partial charge in [0.25, 0.3) is 5.91 Å². The molecule has 2 aromatic carbocycles. The maximum absolute atomic E-state index is 14.6. The van der Waals surface area contributed by atoms with Crippen molar-refractivity contribution in [2.75, 3.05) is 0 Å². The van der Waals surface area contributed by atoms with E-state index in [0.29, 0.717) is 0 Å². The van der Waals surface area contributed by atoms with Gasteiger partial charge in [0.1, 0.15) is 5.82 Å². The molecule has 5 nitrogen and oxygen atoms in total. The van der Waals surface area contributed by atoms with Crippen LogP contribution in [0.2, 0.25) is 5.02 Å². The van der Waals surface area contributed by atoms with Crippen LogP contribution in [0.5, 0.6) is 5.75 Å². The van der Waals surface area contributed by atoms with Crippen LogP contribution in [0.4, 0.5) is 13.2 Å². The van der Waals surface area contributed by atoms with E-state index < -0.39 is 46.4 Å². The molecule has 1 aromatic heterocycles. The van der Waals surface area contributed by atoms with E-state index >= 15 is 0 Å². The topological polar surface area (TPSA) is 79.5 Å². The largest absolute Gasteiger partial charge is 0.503 e. The van der Waals surface area contributed by atoms with Gasteiger partial charge in [-0.1, -0.05) is 11.6 Å². The third-order valence-corrected chi connectivity index (χ3v) is 4.89. The number of aromatic nitrogens is 1. The highest BCUT2D eigenvalue weighted by atomic mass is 35.5. The molecule has 3 rings (SSSR count). The maximum Gasteiger partial charge on any atom is 0.310 e. The molecule has 0 saturated carbocycles. The van der Waals surface area contributed by atoms with E-state index in [9.17, 15) is 33.0 Å². The molecule has 1 atom stereocenters. The van der Waals surface area contributed by atoms with Gasteiger partial charge in [0.2, 0.25) is 0 Å². The first-order valence-electron chi connectivity index (χ1n) is 8.00. The first-order chi connectivity index (χ1) is 13.1. The van der Waals surface area contributed by atoms with Crippen molar-refractivity contribution in [1.29, 1.82) is 0 Å². The quantitative estimate of drug-likeness (QED) is 0.660. The Morgan fingerprint density at radius 1 is 1.14 bits per heavy atom. The van der Waals surface area contributed by atoms with Crippen LogP contribution in [-0.2, 0) is 4.79 Å². The summed E-state index contributed by atoms with van der Waals surface area (Å²) in [5, 5.41) is 18.4. The van der Waals surface area contributed by atoms with Crippen LogP contribution in [0.15, 0.2) is 24.3 Å². The number of aliphatic carboxylic acids is 1. The summed E-state index contributed by atoms with van der Waals surface area (Å²) in [7, 11) is 0. The first-order valence-corrected chi connectivity index (χ1v) is 8.38. The minimum atomic E-state index is -1.38. The lowest BCUT2D eigenvalue weighted by Crippen LogP contribution is -2.15. The zero-order valence-electron chi connectivity index (χ0n) is 14.6. The predicted octanol–water partition coefficient (Wildman–Crippen LogP) is 4.60. The van der Waals surface area contributed by atoms with E-state index in [1.165, 1.54) is 19.9 Å². The van der Waals surface area contributed by atoms with Crippen LogP contribution in [0.25, 0.3) is 10.9 Å². The SMILES string of the molecule is Cc1c([C@H](C)C(=O)O)c2c(F)c(O)c(F)cc2n1C(=O)c1ccc(Cl)c(F)c1. The van der Waals surface area contributed by atoms with Crippen LogP contribution in [0.1, 0.15) is 34.5 Å². The number of phenols is 1. The number of fused-ring (bicyclic) bond motifs is 1. The van der Waals surface area contributed by atoms with Crippen molar-refractivity contribution in [3.8, 4) is 5.75 Å². The summed E-state index contributed by atoms with van der Waals surface area (Å²) in [5.41, 5.74) is -0.522. The van der Waals surface area contributed by atoms with Gasteiger partial charge >= 0.3 is 5.97 Å². The van der Waals surface area contributed by atoms with Gasteiger partial charge < -0.3 is 10.2 Å². The van der Waals surface area contributed by atoms with Crippen molar-refractivity contribution >= 4 is 34.4 Å². The highest BCUT2D eigenvalue weighted by Gasteiger charge is 2.30. The molecule has 0 aliphatic rings. The van der Waals surface area contributed by atoms with E-state index in [4.69, 9.17) is 11.6 Å². The monoisotopic (exact) mass is 411 g/mol. The van der Waals surface area contributed by atoms with Gasteiger partial charge in [0.05, 0.1) is 16.5 Å². The summed E-state index contributed by atoms with van der Waals surface area (Å²) in [6.45, 7) is 2.62. The number of carboxylic acid groups (broad SMARTS) is 1. The summed E-state index contributed by atoms with van der Waals surface area (Å²) in [6.07, 6.45) is 0. The second kappa shape index (κ2) is 6.87. The maximum atomic E-state index is 14.6. The molecule has 0 saturated heterocycles. The number of carbonyl (C=O) groups excluding carboxylic acids is 1. The van der Waals surface area contributed by atoms with Gasteiger partial charge in [-0.3, -0.25) is 14.2 Å². The molecule has 0 spiro atoms. The molecule has 2 N–H and O–H groups in total. The Labute approximate surface area is 161 Å². The average Bonchev–Trinajstić information content (AvgIpc) is 2.92. The second-order valence-electron chi connectivity index (χ2n) is 6.24. The minimum Gasteiger partial charge on any atom is -0.503 e. The van der Waals surface area contributed by atoms with Crippen molar-refractivity contribution in [2.24, 2.45) is 0 Å². The fraction of sp³-hybridized carbons (Fsp3) is 0.158. The smallest absolute Gasteiger partial charge is 0.310 e. The Kier molecular flexibility index (Phi) is 4.84. The fourth-order valence-electron chi connectivity index (χ4n) is 3.18. The lowest BCUT2D eigenvalue weighted by Gasteiger charge is -2.10. The first kappa shape index (κ1) is 19.8. The van der Waals surface area contributed by atoms with Crippen molar-refractivity contribution in [1.82, 2.24) is 4.57 Å². The van der Waals surface area contributed by atoms with Crippen molar-refractivity contribution in [3.05, 3.63) is 63.6 Å². The zero-order valence-corrected chi connectivity index (χ0v) is 15.3. The van der Waals surface area contributed by atoms with E-state index in [2.05, 4.69) is 0 Å². The van der Waals surface area contributed by atoms with Gasteiger partial charge in [-0.15, -0.1) is 0 Å². The number of hydrogen-bond donors (Lipinski definition) is 2. The van der Waals surface area contributed by atoms with Crippen LogP contribution in [-0.4, -0.2) is 26.7 Å². The Bertz CT molecular complexity index is 1160. The molecule has 28 heavy (non-hydrogen) atoms. The average molecular weight is 412 g/mol. The molecule has 0 radical (unpaired) electrons. The summed E-state index contributed by atoms with van der Waals surface area (Å²) < 4.78 is 43.3. The third-order valence-electron chi connectivity index (χ3n) is 4.58. The van der Waals surface area contributed by atoms with Gasteiger partial charge in [-0.2, -0.15) is 0 Å². The summed E-state index contributed by atoms with van der Waals surface area (Å²) in [5.74, 6) is -8.27. The summed E-state index contributed by atoms with van der Waals surface area (Å²) in [6, 6.07) is 3.97. The minimum absolute atomic E-state index is 0.0224. The van der Waals surface area contributed by atoms with Crippen LogP contribution < -0.4 is 0 Å². The number of nitrogens with zero attached hydrogens (tertiary/aromatic N) is 1. The van der Waals surface area contributed by atoms with E-state index in [1.54, 1.807) is 0 Å². The summed E-state index contributed by atoms with van der Waals surface area (Å²) >= 11 is 5.61. The van der Waals surface area contributed by atoms with Crippen molar-refractivity contribution in [3.63, 3.8) is 0 Å². The highest BCUT2D eigenvalue weighted by Crippen LogP contribution is 2.38. The molecule has 0 aliphatic heterocycles. The second-order valence-corrected chi connectivity index (χ2v) is 6.65. The Balaban J connectivity index is 2.39. The van der Waals surface area contributed by atoms with E-state index in [0.717, 1.165) is 22.8 Å². The number of halogens is 4. The third kappa shape index (κ3) is 2.90. The van der Waals surface area contributed by atoms with Crippen molar-refractivity contribution < 1.29 is 33.0 Å². The van der Waals surface area contributed by atoms with Gasteiger partial charge in [0.15, 0.2) is 17.4 Å². The zero-order chi connectivity index (χ0) is 20.9. The normalized spacial score (nSPS) is 12.4. The highest BCUT2D eigenvalue weighted by molar-refractivity contribution is 6.30. The number of benzene rings is 2. The Morgan fingerprint density at radius 3 is 2.36 bits per heavy atom. The molecular weight excluding hydrogens is 399 g/mol. The van der Waals surface area contributed by atoms with Gasteiger partial charge in [-0.25, -0.2) is 13.2 Å². The molecule has 146 valence electrons. The molecule has 0 fully saturated rings. The van der Waals surface area contributed by atoms with Gasteiger partial charge in [-0.05, 0) is 37.6 Å². The van der Waals surface area contributed by atoms with Gasteiger partial charge in [0, 0.05) is 22.7 Å². The Morgan fingerprint density at radius 2 is 1.79 bits per heavy atom. The number of rotatable bonds is 3. The lowest BCUT2D eigenvalue weighted by atomic mass is 9.97. The number of carboxylic acids is 1. The van der Waals surface area contributed by atoms with Crippen LogP contribution in [0.3, 0.4) is 0 Å². The van der Waals surface area contributed by atoms with Crippen LogP contribution in [0, 0.1) is 24.4 Å². The van der Waals surface area contributed by atoms with Crippen LogP contribution >= 0.6 is 11.6 Å². The predicted molar refractivity (Wildman–Crippen MR) is 95.4 cm³/mol. The molecule has 0 unspecified atom stereocenters. The number of hydrogen-bond acceptors (Lipinski definition) is 3. The number of carbonyl (C=O) groups is 2. The van der Waals surface area contributed by atoms with E-state index in [-0.39, 0.29) is 27.4 Å². The molecule has 1 heterocycles. The number of phenolic OH excluding ortho intramolecular Hbond substituents is 1. The fourth-order valence-corrected chi connectivity index (χ4v) is 3.30. The molecular formula is C19H13ClF3NO4. The molecule has 9 heteroatoms. The molecule has 0 aliphatic carbocycles. The molecule has 0 amide bonds. The number of aromatic hydroxyl groups is 1.